The molecule has 12 nitrogen and oxygen atoms in total. The number of fused-ring (bicyclic) bond motifs is 1. The van der Waals surface area contributed by atoms with Crippen LogP contribution in [0, 0.1) is 5.41 Å². The molecule has 2 unspecified atom stereocenters. The van der Waals surface area contributed by atoms with Crippen LogP contribution in [0.25, 0.3) is 0 Å². The number of H-pyrrole nitrogens is 1. The minimum absolute atomic E-state index is 0.0490. The largest absolute Gasteiger partial charge is 0.509 e. The van der Waals surface area contributed by atoms with Crippen LogP contribution in [-0.2, 0) is 30.5 Å². The smallest absolute Gasteiger partial charge is 0.348 e. The predicted molar refractivity (Wildman–Crippen MR) is 137 cm³/mol. The van der Waals surface area contributed by atoms with E-state index in [1.54, 1.807) is 19.3 Å². The number of amides is 1. The number of carbonyl (C=O) groups excluding carboxylic acids is 1. The Morgan fingerprint density at radius 2 is 2.03 bits per heavy atom. The lowest BCUT2D eigenvalue weighted by Gasteiger charge is -2.35. The Balaban J connectivity index is 1.80. The van der Waals surface area contributed by atoms with Crippen molar-refractivity contribution in [2.75, 3.05) is 22.9 Å². The van der Waals surface area contributed by atoms with Crippen molar-refractivity contribution in [1.29, 1.82) is 0 Å². The highest BCUT2D eigenvalue weighted by atomic mass is 32.2. The summed E-state index contributed by atoms with van der Waals surface area (Å²) in [7, 11) is -7.51. The van der Waals surface area contributed by atoms with E-state index in [1.165, 1.54) is 23.1 Å². The van der Waals surface area contributed by atoms with E-state index in [0.717, 1.165) is 11.8 Å². The van der Waals surface area contributed by atoms with E-state index >= 15 is 0 Å². The molecule has 14 heteroatoms. The number of amidine groups is 1. The van der Waals surface area contributed by atoms with Gasteiger partial charge >= 0.3 is 7.52 Å². The monoisotopic (exact) mass is 536 g/mol. The third-order valence-corrected chi connectivity index (χ3v) is 8.32. The normalized spacial score (nSPS) is 22.4. The van der Waals surface area contributed by atoms with Crippen molar-refractivity contribution in [2.24, 2.45) is 10.2 Å². The first-order valence-corrected chi connectivity index (χ1v) is 14.7. The molecule has 194 valence electrons. The molecule has 0 radical (unpaired) electrons. The Labute approximate surface area is 209 Å². The number of aliphatic hydroxyl groups excluding tert-OH is 1. The van der Waals surface area contributed by atoms with E-state index < -0.39 is 34.9 Å². The van der Waals surface area contributed by atoms with Crippen LogP contribution >= 0.6 is 7.52 Å². The van der Waals surface area contributed by atoms with Gasteiger partial charge < -0.3 is 19.8 Å². The Morgan fingerprint density at radius 3 is 2.61 bits per heavy atom. The van der Waals surface area contributed by atoms with E-state index in [-0.39, 0.29) is 41.3 Å². The first kappa shape index (κ1) is 25.9. The summed E-state index contributed by atoms with van der Waals surface area (Å²) < 4.78 is 49.4. The summed E-state index contributed by atoms with van der Waals surface area (Å²) in [5.41, 5.74) is 0.636. The van der Waals surface area contributed by atoms with Crippen LogP contribution in [0.5, 0.6) is 0 Å². The second-order valence-electron chi connectivity index (χ2n) is 9.69. The van der Waals surface area contributed by atoms with Crippen LogP contribution in [0.2, 0.25) is 0 Å². The van der Waals surface area contributed by atoms with Gasteiger partial charge in [-0.05, 0) is 30.5 Å². The molecule has 0 saturated heterocycles. The third kappa shape index (κ3) is 4.91. The maximum atomic E-state index is 13.9. The number of aliphatic hydroxyl groups is 1. The second kappa shape index (κ2) is 9.06. The summed E-state index contributed by atoms with van der Waals surface area (Å²) in [6.07, 6.45) is 4.27. The van der Waals surface area contributed by atoms with E-state index in [2.05, 4.69) is 25.0 Å². The lowest BCUT2D eigenvalue weighted by Crippen LogP contribution is -2.43. The molecule has 2 aromatic rings. The summed E-state index contributed by atoms with van der Waals surface area (Å²) >= 11 is 0. The predicted octanol–water partition coefficient (Wildman–Crippen LogP) is 2.73. The maximum absolute atomic E-state index is 13.9. The number of hydrogen-bond donors (Lipinski definition) is 4. The van der Waals surface area contributed by atoms with Crippen molar-refractivity contribution in [1.82, 2.24) is 15.1 Å². The van der Waals surface area contributed by atoms with Gasteiger partial charge in [-0.1, -0.05) is 20.8 Å². The minimum atomic E-state index is -3.93. The number of nitrogens with one attached hydrogen (secondary N) is 3. The molecule has 0 bridgehead atoms. The van der Waals surface area contributed by atoms with Gasteiger partial charge in [0.25, 0.3) is 5.91 Å². The number of hydrogen-bond acceptors (Lipinski definition) is 8. The molecule has 36 heavy (non-hydrogen) atoms. The van der Waals surface area contributed by atoms with Gasteiger partial charge in [0.15, 0.2) is 5.84 Å². The molecular formula is C22H29N6O6PS. The van der Waals surface area contributed by atoms with Gasteiger partial charge in [-0.3, -0.25) is 19.2 Å². The molecule has 0 saturated carbocycles. The molecule has 1 amide bonds. The van der Waals surface area contributed by atoms with Gasteiger partial charge in [-0.25, -0.2) is 8.42 Å². The Hall–Kier alpha value is -3.15. The van der Waals surface area contributed by atoms with Crippen LogP contribution in [0.1, 0.15) is 33.3 Å². The van der Waals surface area contributed by atoms with Crippen molar-refractivity contribution < 1.29 is 27.4 Å². The summed E-state index contributed by atoms with van der Waals surface area (Å²) in [6, 6.07) is 3.71. The van der Waals surface area contributed by atoms with Crippen LogP contribution < -0.4 is 15.3 Å². The zero-order valence-electron chi connectivity index (χ0n) is 20.6. The van der Waals surface area contributed by atoms with Gasteiger partial charge in [0, 0.05) is 24.0 Å². The molecule has 0 spiro atoms. The van der Waals surface area contributed by atoms with Gasteiger partial charge in [0.1, 0.15) is 11.3 Å². The minimum Gasteiger partial charge on any atom is -0.509 e. The fraction of sp³-hybridized carbons (Fsp3) is 0.409. The number of carbonyl (C=O) groups is 1. The number of rotatable bonds is 7. The summed E-state index contributed by atoms with van der Waals surface area (Å²) in [5.74, 6) is -0.750. The molecular weight excluding hydrogens is 507 g/mol. The quantitative estimate of drug-likeness (QED) is 0.392. The van der Waals surface area contributed by atoms with Crippen molar-refractivity contribution in [3.05, 3.63) is 47.5 Å². The molecule has 1 aromatic heterocycles. The number of aromatic nitrogens is 2. The van der Waals surface area contributed by atoms with E-state index in [9.17, 15) is 22.9 Å². The second-order valence-corrected chi connectivity index (χ2v) is 13.4. The van der Waals surface area contributed by atoms with E-state index in [0.29, 0.717) is 5.69 Å². The number of anilines is 2. The van der Waals surface area contributed by atoms with Crippen LogP contribution in [0.4, 0.5) is 11.4 Å². The Bertz CT molecular complexity index is 1410. The van der Waals surface area contributed by atoms with Crippen LogP contribution in [0.15, 0.2) is 46.7 Å². The highest BCUT2D eigenvalue weighted by Gasteiger charge is 2.48. The fourth-order valence-corrected chi connectivity index (χ4v) is 6.71. The Morgan fingerprint density at radius 1 is 1.31 bits per heavy atom. The maximum Gasteiger partial charge on any atom is 0.348 e. The van der Waals surface area contributed by atoms with Crippen LogP contribution in [0.3, 0.4) is 0 Å². The lowest BCUT2D eigenvalue weighted by molar-refractivity contribution is -0.129. The van der Waals surface area contributed by atoms with Crippen LogP contribution in [-0.4, -0.2) is 59.3 Å². The molecule has 2 atom stereocenters. The van der Waals surface area contributed by atoms with Crippen molar-refractivity contribution >= 4 is 46.0 Å². The van der Waals surface area contributed by atoms with Gasteiger partial charge in [0.05, 0.1) is 36.1 Å². The van der Waals surface area contributed by atoms with E-state index in [4.69, 9.17) is 4.52 Å². The molecule has 4 N–H and O–H groups in total. The molecule has 1 aromatic carbocycles. The standard InChI is InChI=1S/C22H29N6O6PS/c1-6-34-35(31)16-9-14(27-36(5,32)33)7-8-15(16)25-20(26-35)17-18(29)19(22(2,3)4)28(21(17)30)12-13-10-23-24-11-13/h7-11,19,27,29H,6,12H2,1-5H3,(H,23,24)(H,25,26,31). The summed E-state index contributed by atoms with van der Waals surface area (Å²) in [5, 5.41) is 21.1. The molecule has 0 aliphatic carbocycles. The van der Waals surface area contributed by atoms with Gasteiger partial charge in [-0.15, -0.1) is 0 Å². The Kier molecular flexibility index (Phi) is 6.52. The van der Waals surface area contributed by atoms with Gasteiger partial charge in [-0.2, -0.15) is 9.86 Å². The number of benzene rings is 1. The first-order chi connectivity index (χ1) is 16.7. The fourth-order valence-electron chi connectivity index (χ4n) is 4.35. The zero-order valence-corrected chi connectivity index (χ0v) is 22.3. The molecule has 3 heterocycles. The number of nitrogens with zero attached hydrogens (tertiary/aromatic N) is 3. The molecule has 4 rings (SSSR count). The third-order valence-electron chi connectivity index (χ3n) is 5.66. The first-order valence-electron chi connectivity index (χ1n) is 11.2. The average molecular weight is 537 g/mol. The van der Waals surface area contributed by atoms with Crippen molar-refractivity contribution in [3.8, 4) is 0 Å². The molecule has 2 aliphatic heterocycles. The number of sulfonamides is 1. The summed E-state index contributed by atoms with van der Waals surface area (Å²) in [6.45, 7) is 7.60. The summed E-state index contributed by atoms with van der Waals surface area (Å²) in [4.78, 5) is 15.2. The highest BCUT2D eigenvalue weighted by Crippen LogP contribution is 2.53. The highest BCUT2D eigenvalue weighted by molar-refractivity contribution is 7.92. The lowest BCUT2D eigenvalue weighted by atomic mass is 9.85. The van der Waals surface area contributed by atoms with Crippen molar-refractivity contribution in [3.63, 3.8) is 0 Å². The topological polar surface area (TPSA) is 166 Å². The van der Waals surface area contributed by atoms with E-state index in [1.807, 2.05) is 20.8 Å². The van der Waals surface area contributed by atoms with Crippen molar-refractivity contribution in [2.45, 2.75) is 40.3 Å². The zero-order chi connectivity index (χ0) is 26.5. The average Bonchev–Trinajstić information content (AvgIpc) is 3.33. The number of aromatic amines is 1. The molecule has 0 fully saturated rings. The SMILES string of the molecule is CCOP1(=O)N=C(C2=C(O)C(C(C)(C)C)N(Cc3cn[nH]c3)C2=O)Nc2ccc(NS(C)(=O)=O)cc21. The van der Waals surface area contributed by atoms with Gasteiger partial charge in [0.2, 0.25) is 10.0 Å². The molecule has 2 aliphatic rings.